The van der Waals surface area contributed by atoms with E-state index >= 15 is 0 Å². The van der Waals surface area contributed by atoms with E-state index in [4.69, 9.17) is 28.2 Å². The first-order valence-electron chi connectivity index (χ1n) is 14.2. The van der Waals surface area contributed by atoms with E-state index in [0.29, 0.717) is 58.7 Å². The maximum absolute atomic E-state index is 13.3. The van der Waals surface area contributed by atoms with Gasteiger partial charge in [0.25, 0.3) is 5.91 Å². The van der Waals surface area contributed by atoms with Crippen LogP contribution < -0.4 is 20.4 Å². The van der Waals surface area contributed by atoms with Crippen molar-refractivity contribution in [2.75, 3.05) is 60.9 Å². The van der Waals surface area contributed by atoms with Crippen LogP contribution in [0.3, 0.4) is 0 Å². The summed E-state index contributed by atoms with van der Waals surface area (Å²) in [6.45, 7) is 5.58. The van der Waals surface area contributed by atoms with Gasteiger partial charge in [-0.2, -0.15) is 0 Å². The lowest BCUT2D eigenvalue weighted by atomic mass is 9.94. The first kappa shape index (κ1) is 28.7. The normalized spacial score (nSPS) is 19.2. The molecule has 5 heterocycles. The third-order valence-electron chi connectivity index (χ3n) is 8.02. The average molecular weight is 635 g/mol. The van der Waals surface area contributed by atoms with Crippen molar-refractivity contribution >= 4 is 73.6 Å². The maximum atomic E-state index is 13.3. The van der Waals surface area contributed by atoms with E-state index in [1.807, 2.05) is 16.3 Å². The molecule has 41 heavy (non-hydrogen) atoms. The topological polar surface area (TPSA) is 93.7 Å². The molecule has 3 aromatic heterocycles. The lowest BCUT2D eigenvalue weighted by Crippen LogP contribution is -2.50. The molecule has 3 aliphatic rings. The van der Waals surface area contributed by atoms with Crippen molar-refractivity contribution in [1.82, 2.24) is 20.2 Å². The van der Waals surface area contributed by atoms with Crippen molar-refractivity contribution in [3.05, 3.63) is 39.3 Å². The molecule has 2 N–H and O–H groups in total. The Morgan fingerprint density at radius 3 is 2.56 bits per heavy atom. The number of hydrogen-bond donors (Lipinski definition) is 2. The van der Waals surface area contributed by atoms with Gasteiger partial charge in [0.05, 0.1) is 20.5 Å². The fraction of sp³-hybridized carbons (Fsp3) is 0.500. The molecule has 218 valence electrons. The van der Waals surface area contributed by atoms with Gasteiger partial charge in [0.1, 0.15) is 16.5 Å². The maximum Gasteiger partial charge on any atom is 0.259 e. The zero-order valence-corrected chi connectivity index (χ0v) is 25.8. The number of anilines is 3. The number of hydrogen-bond acceptors (Lipinski definition) is 9. The van der Waals surface area contributed by atoms with Crippen LogP contribution in [0, 0.1) is 0 Å². The highest BCUT2D eigenvalue weighted by molar-refractivity contribution is 7.21. The monoisotopic (exact) mass is 633 g/mol. The predicted octanol–water partition coefficient (Wildman–Crippen LogP) is 5.61. The summed E-state index contributed by atoms with van der Waals surface area (Å²) >= 11 is 15.9. The zero-order valence-electron chi connectivity index (χ0n) is 22.7. The van der Waals surface area contributed by atoms with Crippen molar-refractivity contribution in [3.63, 3.8) is 0 Å². The lowest BCUT2D eigenvalue weighted by molar-refractivity contribution is -0.120. The Morgan fingerprint density at radius 2 is 1.83 bits per heavy atom. The highest BCUT2D eigenvalue weighted by atomic mass is 35.5. The molecule has 3 fully saturated rings. The highest BCUT2D eigenvalue weighted by Gasteiger charge is 2.29. The summed E-state index contributed by atoms with van der Waals surface area (Å²) in [5.74, 6) is 0.259. The number of rotatable bonds is 6. The van der Waals surface area contributed by atoms with Gasteiger partial charge in [-0.25, -0.2) is 9.97 Å². The fourth-order valence-corrected chi connectivity index (χ4v) is 8.29. The summed E-state index contributed by atoms with van der Waals surface area (Å²) in [7, 11) is 0. The molecule has 3 aromatic rings. The fourth-order valence-electron chi connectivity index (χ4n) is 5.85. The zero-order chi connectivity index (χ0) is 28.3. The Bertz CT molecular complexity index is 1400. The van der Waals surface area contributed by atoms with Crippen molar-refractivity contribution in [2.24, 2.45) is 0 Å². The number of halogens is 2. The van der Waals surface area contributed by atoms with Crippen LogP contribution in [0.1, 0.15) is 48.9 Å². The molecule has 0 radical (unpaired) electrons. The second-order valence-electron chi connectivity index (χ2n) is 10.7. The van der Waals surface area contributed by atoms with Gasteiger partial charge in [-0.1, -0.05) is 53.8 Å². The largest absolute Gasteiger partial charge is 0.359 e. The van der Waals surface area contributed by atoms with Crippen LogP contribution in [0.2, 0.25) is 10.0 Å². The lowest BCUT2D eigenvalue weighted by Gasteiger charge is -2.41. The van der Waals surface area contributed by atoms with E-state index in [-0.39, 0.29) is 11.8 Å². The Balaban J connectivity index is 1.18. The van der Waals surface area contributed by atoms with Crippen LogP contribution in [-0.4, -0.2) is 78.5 Å². The van der Waals surface area contributed by atoms with E-state index in [2.05, 4.69) is 25.4 Å². The van der Waals surface area contributed by atoms with Gasteiger partial charge in [-0.3, -0.25) is 19.8 Å². The van der Waals surface area contributed by atoms with E-state index < -0.39 is 0 Å². The number of aromatic nitrogens is 2. The number of piperazine rings is 1. The second-order valence-corrected chi connectivity index (χ2v) is 13.4. The Hall–Kier alpha value is -2.44. The molecule has 0 aromatic carbocycles. The molecule has 0 atom stereocenters. The average Bonchev–Trinajstić information content (AvgIpc) is 3.55. The molecule has 1 aliphatic carbocycles. The molecule has 2 aliphatic heterocycles. The standard InChI is InChI=1S/C28H33Cl2N7O2S2/c29-19-15-22(40-17-19)24-27(37-12-10-35(11-13-37)20-4-2-1-3-5-20)41-28(33-24)34-26(39)18-14-21(30)25(32-16-18)36-8-6-23(38)31-7-9-36/h14-17,20H,1-13H2,(H,31,38)(H,33,34,39). The van der Waals surface area contributed by atoms with Crippen molar-refractivity contribution in [3.8, 4) is 10.6 Å². The third kappa shape index (κ3) is 6.64. The minimum atomic E-state index is -0.322. The minimum absolute atomic E-state index is 0.0118. The summed E-state index contributed by atoms with van der Waals surface area (Å²) in [6, 6.07) is 4.27. The first-order chi connectivity index (χ1) is 19.9. The molecule has 13 heteroatoms. The molecule has 9 nitrogen and oxygen atoms in total. The molecule has 2 amide bonds. The number of nitrogens with one attached hydrogen (secondary N) is 2. The number of thiophene rings is 1. The van der Waals surface area contributed by atoms with Gasteiger partial charge in [0.2, 0.25) is 5.91 Å². The van der Waals surface area contributed by atoms with E-state index in [0.717, 1.165) is 41.8 Å². The summed E-state index contributed by atoms with van der Waals surface area (Å²) in [5.41, 5.74) is 1.20. The smallest absolute Gasteiger partial charge is 0.259 e. The first-order valence-corrected chi connectivity index (χ1v) is 16.6. The molecule has 1 saturated carbocycles. The molecule has 6 rings (SSSR count). The SMILES string of the molecule is O=C1CCN(c2ncc(C(=O)Nc3nc(-c4cc(Cl)cs4)c(N4CCN(C5CCCCC5)CC4)s3)cc2Cl)CCN1. The Kier molecular flexibility index (Phi) is 8.97. The Morgan fingerprint density at radius 1 is 1.02 bits per heavy atom. The minimum Gasteiger partial charge on any atom is -0.359 e. The number of carbonyl (C=O) groups excluding carboxylic acids is 2. The number of nitrogens with zero attached hydrogens (tertiary/aromatic N) is 5. The van der Waals surface area contributed by atoms with Crippen LogP contribution in [0.25, 0.3) is 10.6 Å². The van der Waals surface area contributed by atoms with Gasteiger partial charge in [0, 0.05) is 69.9 Å². The van der Waals surface area contributed by atoms with Crippen LogP contribution >= 0.6 is 45.9 Å². The van der Waals surface area contributed by atoms with Crippen LogP contribution in [0.15, 0.2) is 23.7 Å². The van der Waals surface area contributed by atoms with Gasteiger partial charge in [0.15, 0.2) is 5.13 Å². The number of amides is 2. The third-order valence-corrected chi connectivity index (χ3v) is 10.6. The molecular weight excluding hydrogens is 601 g/mol. The number of carbonyl (C=O) groups is 2. The molecular formula is C28H33Cl2N7O2S2. The summed E-state index contributed by atoms with van der Waals surface area (Å²) in [4.78, 5) is 42.3. The molecule has 0 bridgehead atoms. The van der Waals surface area contributed by atoms with Crippen molar-refractivity contribution < 1.29 is 9.59 Å². The van der Waals surface area contributed by atoms with Crippen molar-refractivity contribution in [1.29, 1.82) is 0 Å². The van der Waals surface area contributed by atoms with Crippen LogP contribution in [0.5, 0.6) is 0 Å². The van der Waals surface area contributed by atoms with Crippen LogP contribution in [0.4, 0.5) is 16.0 Å². The summed E-state index contributed by atoms with van der Waals surface area (Å²) < 4.78 is 0. The second kappa shape index (κ2) is 12.8. The quantitative estimate of drug-likeness (QED) is 0.365. The summed E-state index contributed by atoms with van der Waals surface area (Å²) in [6.07, 6.45) is 8.56. The van der Waals surface area contributed by atoms with Gasteiger partial charge >= 0.3 is 0 Å². The van der Waals surface area contributed by atoms with E-state index in [1.54, 1.807) is 17.4 Å². The number of pyridine rings is 1. The molecule has 0 unspecified atom stereocenters. The molecule has 0 spiro atoms. The van der Waals surface area contributed by atoms with Gasteiger partial charge < -0.3 is 15.1 Å². The predicted molar refractivity (Wildman–Crippen MR) is 168 cm³/mol. The van der Waals surface area contributed by atoms with E-state index in [1.165, 1.54) is 49.6 Å². The number of thiazole rings is 1. The molecule has 2 saturated heterocycles. The Labute approximate surface area is 257 Å². The highest BCUT2D eigenvalue weighted by Crippen LogP contribution is 2.42. The van der Waals surface area contributed by atoms with Gasteiger partial charge in [-0.05, 0) is 25.0 Å². The summed E-state index contributed by atoms with van der Waals surface area (Å²) in [5, 5.41) is 10.4. The van der Waals surface area contributed by atoms with Crippen molar-refractivity contribution in [2.45, 2.75) is 44.6 Å². The van der Waals surface area contributed by atoms with E-state index in [9.17, 15) is 9.59 Å². The van der Waals surface area contributed by atoms with Gasteiger partial charge in [-0.15, -0.1) is 11.3 Å². The van der Waals surface area contributed by atoms with Crippen LogP contribution in [-0.2, 0) is 4.79 Å².